The topological polar surface area (TPSA) is 46.8 Å². The average molecular weight is 299 g/mol. The molecule has 0 radical (unpaired) electrons. The predicted molar refractivity (Wildman–Crippen MR) is 83.1 cm³/mol. The summed E-state index contributed by atoms with van der Waals surface area (Å²) >= 11 is 1.79. The van der Waals surface area contributed by atoms with E-state index in [-0.39, 0.29) is 0 Å². The van der Waals surface area contributed by atoms with Gasteiger partial charge in [-0.25, -0.2) is 4.98 Å². The molecule has 3 heterocycles. The Kier molecular flexibility index (Phi) is 3.20. The molecule has 0 saturated carbocycles. The summed E-state index contributed by atoms with van der Waals surface area (Å²) in [5.74, 6) is 2.18. The fraction of sp³-hybridized carbons (Fsp3) is 0.400. The number of nitrogens with zero attached hydrogens (tertiary/aromatic N) is 5. The van der Waals surface area contributed by atoms with E-state index in [1.807, 2.05) is 6.07 Å². The second-order valence-corrected chi connectivity index (χ2v) is 6.44. The fourth-order valence-corrected chi connectivity index (χ4v) is 3.85. The summed E-state index contributed by atoms with van der Waals surface area (Å²) < 4.78 is 3.52. The molecule has 3 aromatic rings. The highest BCUT2D eigenvalue weighted by Crippen LogP contribution is 2.24. The van der Waals surface area contributed by atoms with Gasteiger partial charge in [-0.05, 0) is 12.1 Å². The Morgan fingerprint density at radius 2 is 2.10 bits per heavy atom. The predicted octanol–water partition coefficient (Wildman–Crippen LogP) is 2.47. The lowest BCUT2D eigenvalue weighted by Gasteiger charge is -2.26. The summed E-state index contributed by atoms with van der Waals surface area (Å²) in [5, 5.41) is 9.76. The number of hydrogen-bond donors (Lipinski definition) is 0. The van der Waals surface area contributed by atoms with Gasteiger partial charge in [0, 0.05) is 19.5 Å². The highest BCUT2D eigenvalue weighted by Gasteiger charge is 2.21. The van der Waals surface area contributed by atoms with Crippen molar-refractivity contribution >= 4 is 21.6 Å². The van der Waals surface area contributed by atoms with Gasteiger partial charge in [-0.3, -0.25) is 4.90 Å². The third-order valence-electron chi connectivity index (χ3n) is 3.92. The number of hydrogen-bond acceptors (Lipinski definition) is 5. The first-order chi connectivity index (χ1) is 10.3. The Morgan fingerprint density at radius 3 is 2.95 bits per heavy atom. The summed E-state index contributed by atoms with van der Waals surface area (Å²) in [7, 11) is 0. The van der Waals surface area contributed by atoms with Crippen molar-refractivity contribution in [2.24, 2.45) is 0 Å². The van der Waals surface area contributed by atoms with Gasteiger partial charge < -0.3 is 4.57 Å². The second kappa shape index (κ2) is 5.20. The Labute approximate surface area is 127 Å². The number of para-hydroxylation sites is 1. The summed E-state index contributed by atoms with van der Waals surface area (Å²) in [4.78, 5) is 7.12. The van der Waals surface area contributed by atoms with Crippen LogP contribution in [0.25, 0.3) is 10.2 Å². The Morgan fingerprint density at radius 1 is 1.19 bits per heavy atom. The lowest BCUT2D eigenvalue weighted by atomic mass is 10.3. The van der Waals surface area contributed by atoms with Crippen LogP contribution >= 0.6 is 11.3 Å². The van der Waals surface area contributed by atoms with Crippen LogP contribution < -0.4 is 0 Å². The molecule has 1 aliphatic heterocycles. The van der Waals surface area contributed by atoms with Crippen molar-refractivity contribution in [1.29, 1.82) is 0 Å². The molecular weight excluding hydrogens is 282 g/mol. The van der Waals surface area contributed by atoms with Crippen LogP contribution in [0.4, 0.5) is 0 Å². The molecule has 0 atom stereocenters. The first-order valence-electron chi connectivity index (χ1n) is 7.31. The van der Waals surface area contributed by atoms with E-state index in [0.29, 0.717) is 0 Å². The maximum Gasteiger partial charge on any atom is 0.147 e. The van der Waals surface area contributed by atoms with Gasteiger partial charge in [-0.1, -0.05) is 19.1 Å². The van der Waals surface area contributed by atoms with Crippen molar-refractivity contribution in [3.63, 3.8) is 0 Å². The average Bonchev–Trinajstić information content (AvgIpc) is 3.09. The van der Waals surface area contributed by atoms with Crippen LogP contribution in [0.15, 0.2) is 24.3 Å². The summed E-state index contributed by atoms with van der Waals surface area (Å²) in [6.07, 6.45) is 0.949. The molecule has 5 nitrogen and oxygen atoms in total. The fourth-order valence-electron chi connectivity index (χ4n) is 2.84. The zero-order valence-corrected chi connectivity index (χ0v) is 12.8. The Bertz CT molecular complexity index is 742. The summed E-state index contributed by atoms with van der Waals surface area (Å²) in [6.45, 7) is 5.91. The molecule has 0 unspecified atom stereocenters. The molecule has 108 valence electrons. The van der Waals surface area contributed by atoms with Gasteiger partial charge in [0.05, 0.1) is 23.3 Å². The van der Waals surface area contributed by atoms with Gasteiger partial charge in [0.2, 0.25) is 0 Å². The van der Waals surface area contributed by atoms with Gasteiger partial charge in [0.1, 0.15) is 16.7 Å². The SMILES string of the molecule is CCc1nnc2n1CCN(Cc1nc3ccccc3s1)C2. The second-order valence-electron chi connectivity index (χ2n) is 5.32. The Balaban J connectivity index is 1.53. The lowest BCUT2D eigenvalue weighted by molar-refractivity contribution is 0.207. The van der Waals surface area contributed by atoms with Crippen molar-refractivity contribution in [1.82, 2.24) is 24.6 Å². The van der Waals surface area contributed by atoms with Crippen molar-refractivity contribution in [3.05, 3.63) is 40.9 Å². The summed E-state index contributed by atoms with van der Waals surface area (Å²) in [6, 6.07) is 8.33. The minimum Gasteiger partial charge on any atom is -0.313 e. The lowest BCUT2D eigenvalue weighted by Crippen LogP contribution is -2.33. The molecule has 4 rings (SSSR count). The highest BCUT2D eigenvalue weighted by atomic mass is 32.1. The first kappa shape index (κ1) is 12.9. The quantitative estimate of drug-likeness (QED) is 0.745. The molecule has 0 bridgehead atoms. The van der Waals surface area contributed by atoms with E-state index in [0.717, 1.165) is 49.8 Å². The zero-order valence-electron chi connectivity index (χ0n) is 12.0. The minimum absolute atomic E-state index is 0.864. The third kappa shape index (κ3) is 2.34. The molecule has 1 aromatic carbocycles. The van der Waals surface area contributed by atoms with E-state index >= 15 is 0 Å². The maximum atomic E-state index is 4.72. The number of benzene rings is 1. The van der Waals surface area contributed by atoms with Crippen molar-refractivity contribution in [3.8, 4) is 0 Å². The van der Waals surface area contributed by atoms with Crippen LogP contribution in [0.2, 0.25) is 0 Å². The molecule has 2 aromatic heterocycles. The van der Waals surface area contributed by atoms with Gasteiger partial charge in [-0.2, -0.15) is 0 Å². The van der Waals surface area contributed by atoms with E-state index in [9.17, 15) is 0 Å². The zero-order chi connectivity index (χ0) is 14.2. The smallest absolute Gasteiger partial charge is 0.147 e. The molecular formula is C15H17N5S. The van der Waals surface area contributed by atoms with E-state index in [2.05, 4.69) is 44.8 Å². The molecule has 6 heteroatoms. The van der Waals surface area contributed by atoms with E-state index < -0.39 is 0 Å². The van der Waals surface area contributed by atoms with Crippen LogP contribution in [0.3, 0.4) is 0 Å². The molecule has 1 aliphatic rings. The number of thiazole rings is 1. The Hall–Kier alpha value is -1.79. The van der Waals surface area contributed by atoms with E-state index in [1.165, 1.54) is 9.71 Å². The minimum atomic E-state index is 0.864. The van der Waals surface area contributed by atoms with Crippen LogP contribution in [-0.2, 0) is 26.1 Å². The standard InChI is InChI=1S/C15H17N5S/c1-2-13-17-18-14-9-19(7-8-20(13)14)10-15-16-11-5-3-4-6-12(11)21-15/h3-6H,2,7-10H2,1H3. The molecule has 0 saturated heterocycles. The summed E-state index contributed by atoms with van der Waals surface area (Å²) in [5.41, 5.74) is 1.10. The normalized spacial score (nSPS) is 15.5. The van der Waals surface area contributed by atoms with Crippen LogP contribution in [-0.4, -0.2) is 31.2 Å². The van der Waals surface area contributed by atoms with Crippen molar-refractivity contribution in [2.45, 2.75) is 33.0 Å². The number of fused-ring (bicyclic) bond motifs is 2. The largest absolute Gasteiger partial charge is 0.313 e. The van der Waals surface area contributed by atoms with Crippen LogP contribution in [0.1, 0.15) is 23.6 Å². The van der Waals surface area contributed by atoms with Gasteiger partial charge >= 0.3 is 0 Å². The van der Waals surface area contributed by atoms with Gasteiger partial charge in [-0.15, -0.1) is 21.5 Å². The van der Waals surface area contributed by atoms with E-state index in [1.54, 1.807) is 11.3 Å². The van der Waals surface area contributed by atoms with Gasteiger partial charge in [0.25, 0.3) is 0 Å². The molecule has 21 heavy (non-hydrogen) atoms. The number of aromatic nitrogens is 4. The molecule has 0 N–H and O–H groups in total. The number of aryl methyl sites for hydroxylation is 1. The first-order valence-corrected chi connectivity index (χ1v) is 8.13. The molecule has 0 aliphatic carbocycles. The third-order valence-corrected chi connectivity index (χ3v) is 4.94. The molecule has 0 fully saturated rings. The maximum absolute atomic E-state index is 4.72. The monoisotopic (exact) mass is 299 g/mol. The van der Waals surface area contributed by atoms with E-state index in [4.69, 9.17) is 4.98 Å². The molecule has 0 amide bonds. The number of rotatable bonds is 3. The van der Waals surface area contributed by atoms with Crippen LogP contribution in [0.5, 0.6) is 0 Å². The van der Waals surface area contributed by atoms with Gasteiger partial charge in [0.15, 0.2) is 0 Å². The van der Waals surface area contributed by atoms with Crippen molar-refractivity contribution < 1.29 is 0 Å². The molecule has 0 spiro atoms. The van der Waals surface area contributed by atoms with Crippen molar-refractivity contribution in [2.75, 3.05) is 6.54 Å². The highest BCUT2D eigenvalue weighted by molar-refractivity contribution is 7.18. The van der Waals surface area contributed by atoms with Crippen LogP contribution in [0, 0.1) is 0 Å².